The van der Waals surface area contributed by atoms with Gasteiger partial charge in [0.2, 0.25) is 5.91 Å². The largest absolute Gasteiger partial charge is 0.416 e. The molecule has 2 heterocycles. The molecule has 11 heteroatoms. The third kappa shape index (κ3) is 5.17. The molecule has 0 bridgehead atoms. The van der Waals surface area contributed by atoms with Crippen LogP contribution in [0.1, 0.15) is 48.1 Å². The maximum atomic E-state index is 13.3. The van der Waals surface area contributed by atoms with Crippen LogP contribution < -0.4 is 16.0 Å². The molecule has 0 radical (unpaired) electrons. The van der Waals surface area contributed by atoms with Gasteiger partial charge in [-0.2, -0.15) is 26.3 Å². The van der Waals surface area contributed by atoms with Gasteiger partial charge in [0.1, 0.15) is 5.54 Å². The Morgan fingerprint density at radius 3 is 2.06 bits per heavy atom. The lowest BCUT2D eigenvalue weighted by molar-refractivity contribution is -0.143. The van der Waals surface area contributed by atoms with Crippen molar-refractivity contribution in [2.45, 2.75) is 49.3 Å². The van der Waals surface area contributed by atoms with Crippen LogP contribution in [0.3, 0.4) is 0 Å². The minimum Gasteiger partial charge on any atom is -0.372 e. The van der Waals surface area contributed by atoms with Crippen molar-refractivity contribution in [1.29, 1.82) is 0 Å². The Hall–Kier alpha value is -2.63. The van der Waals surface area contributed by atoms with E-state index in [9.17, 15) is 31.1 Å². The number of carbonyl (C=O) groups excluding carboxylic acids is 1. The Balaban J connectivity index is 1.59. The summed E-state index contributed by atoms with van der Waals surface area (Å²) in [4.78, 5) is 12.3. The molecule has 35 heavy (non-hydrogen) atoms. The molecule has 0 aromatic heterocycles. The van der Waals surface area contributed by atoms with E-state index in [0.29, 0.717) is 31.6 Å². The van der Waals surface area contributed by atoms with Gasteiger partial charge in [0.15, 0.2) is 0 Å². The van der Waals surface area contributed by atoms with Crippen molar-refractivity contribution in [1.82, 2.24) is 16.0 Å². The van der Waals surface area contributed by atoms with E-state index in [2.05, 4.69) is 16.0 Å². The SMILES string of the molecule is C[C@@H](OC[C@@]1(c2ccccc2)CCC2(CN1)NCNC2=O)c1cc(C(F)(F)F)cc(C(F)(F)F)c1. The van der Waals surface area contributed by atoms with Crippen LogP contribution in [-0.4, -0.2) is 31.3 Å². The average Bonchev–Trinajstić information content (AvgIpc) is 3.17. The van der Waals surface area contributed by atoms with Crippen LogP contribution in [0.5, 0.6) is 0 Å². The molecule has 2 aliphatic heterocycles. The topological polar surface area (TPSA) is 62.4 Å². The molecule has 1 unspecified atom stereocenters. The first-order valence-electron chi connectivity index (χ1n) is 11.1. The monoisotopic (exact) mass is 501 g/mol. The number of rotatable bonds is 5. The maximum Gasteiger partial charge on any atom is 0.416 e. The van der Waals surface area contributed by atoms with E-state index in [1.54, 1.807) is 0 Å². The third-order valence-electron chi connectivity index (χ3n) is 6.80. The van der Waals surface area contributed by atoms with Gasteiger partial charge < -0.3 is 15.4 Å². The standard InChI is InChI=1S/C24H25F6N3O2/c1-15(16-9-18(23(25,26)27)11-19(10-16)24(28,29)30)35-13-22(17-5-3-2-4-6-17)8-7-21(12-32-22)20(34)31-14-33-21/h2-6,9-11,15,32-33H,7-8,12-14H2,1H3,(H,31,34)/t15-,21?,22-/m1/s1. The maximum absolute atomic E-state index is 13.3. The number of benzene rings is 2. The smallest absolute Gasteiger partial charge is 0.372 e. The number of hydrogen-bond donors (Lipinski definition) is 3. The summed E-state index contributed by atoms with van der Waals surface area (Å²) >= 11 is 0. The molecule has 3 atom stereocenters. The average molecular weight is 501 g/mol. The molecule has 2 aromatic carbocycles. The normalized spacial score (nSPS) is 26.1. The Morgan fingerprint density at radius 2 is 1.57 bits per heavy atom. The zero-order valence-corrected chi connectivity index (χ0v) is 18.8. The first kappa shape index (κ1) is 25.5. The van der Waals surface area contributed by atoms with Crippen molar-refractivity contribution in [2.75, 3.05) is 19.8 Å². The van der Waals surface area contributed by atoms with E-state index in [1.807, 2.05) is 30.3 Å². The molecule has 2 aromatic rings. The Labute approximate surface area is 198 Å². The number of alkyl halides is 6. The zero-order valence-electron chi connectivity index (χ0n) is 18.8. The highest BCUT2D eigenvalue weighted by Crippen LogP contribution is 2.40. The van der Waals surface area contributed by atoms with Crippen LogP contribution in [0, 0.1) is 0 Å². The minimum atomic E-state index is -4.94. The Kier molecular flexibility index (Phi) is 6.62. The van der Waals surface area contributed by atoms with Gasteiger partial charge in [-0.1, -0.05) is 30.3 Å². The molecule has 2 fully saturated rings. The van der Waals surface area contributed by atoms with Gasteiger partial charge in [0.05, 0.1) is 36.0 Å². The van der Waals surface area contributed by atoms with Gasteiger partial charge in [-0.25, -0.2) is 0 Å². The number of halogens is 6. The van der Waals surface area contributed by atoms with Crippen LogP contribution in [0.15, 0.2) is 48.5 Å². The van der Waals surface area contributed by atoms with E-state index >= 15 is 0 Å². The van der Waals surface area contributed by atoms with Crippen LogP contribution in [0.25, 0.3) is 0 Å². The highest BCUT2D eigenvalue weighted by Gasteiger charge is 2.49. The molecule has 5 nitrogen and oxygen atoms in total. The third-order valence-corrected chi connectivity index (χ3v) is 6.80. The summed E-state index contributed by atoms with van der Waals surface area (Å²) in [5, 5.41) is 9.30. The number of hydrogen-bond acceptors (Lipinski definition) is 4. The molecule has 3 N–H and O–H groups in total. The van der Waals surface area contributed by atoms with E-state index in [4.69, 9.17) is 4.74 Å². The van der Waals surface area contributed by atoms with Crippen LogP contribution in [-0.2, 0) is 27.4 Å². The second kappa shape index (κ2) is 9.11. The molecule has 0 aliphatic carbocycles. The molecular formula is C24H25F6N3O2. The molecule has 1 amide bonds. The first-order chi connectivity index (χ1) is 16.3. The minimum absolute atomic E-state index is 0.0204. The quantitative estimate of drug-likeness (QED) is 0.529. The molecular weight excluding hydrogens is 476 g/mol. The van der Waals surface area contributed by atoms with Gasteiger partial charge in [-0.05, 0) is 49.1 Å². The van der Waals surface area contributed by atoms with Gasteiger partial charge in [0, 0.05) is 6.54 Å². The Morgan fingerprint density at radius 1 is 0.943 bits per heavy atom. The van der Waals surface area contributed by atoms with Gasteiger partial charge >= 0.3 is 12.4 Å². The number of piperidine rings is 1. The van der Waals surface area contributed by atoms with Crippen molar-refractivity contribution in [2.24, 2.45) is 0 Å². The summed E-state index contributed by atoms with van der Waals surface area (Å²) in [5.41, 5.74) is -3.69. The summed E-state index contributed by atoms with van der Waals surface area (Å²) in [6.45, 7) is 2.04. The predicted octanol–water partition coefficient (Wildman–Crippen LogP) is 4.50. The molecule has 190 valence electrons. The molecule has 4 rings (SSSR count). The van der Waals surface area contributed by atoms with Gasteiger partial charge in [-0.15, -0.1) is 0 Å². The molecule has 1 spiro atoms. The molecule has 2 aliphatic rings. The fourth-order valence-electron chi connectivity index (χ4n) is 4.60. The van der Waals surface area contributed by atoms with E-state index < -0.39 is 40.7 Å². The Bertz CT molecular complexity index is 1030. The van der Waals surface area contributed by atoms with Crippen LogP contribution in [0.2, 0.25) is 0 Å². The number of carbonyl (C=O) groups is 1. The highest BCUT2D eigenvalue weighted by atomic mass is 19.4. The van der Waals surface area contributed by atoms with Crippen molar-refractivity contribution in [3.63, 3.8) is 0 Å². The van der Waals surface area contributed by atoms with Crippen molar-refractivity contribution < 1.29 is 35.9 Å². The first-order valence-corrected chi connectivity index (χ1v) is 11.1. The number of nitrogens with one attached hydrogen (secondary N) is 3. The van der Waals surface area contributed by atoms with Gasteiger partial charge in [-0.3, -0.25) is 10.1 Å². The second-order valence-corrected chi connectivity index (χ2v) is 9.04. The second-order valence-electron chi connectivity index (χ2n) is 9.04. The van der Waals surface area contributed by atoms with Gasteiger partial charge in [0.25, 0.3) is 0 Å². The van der Waals surface area contributed by atoms with Crippen LogP contribution in [0.4, 0.5) is 26.3 Å². The predicted molar refractivity (Wildman–Crippen MR) is 115 cm³/mol. The lowest BCUT2D eigenvalue weighted by Gasteiger charge is -2.45. The number of ether oxygens (including phenoxy) is 1. The summed E-state index contributed by atoms with van der Waals surface area (Å²) < 4.78 is 85.6. The summed E-state index contributed by atoms with van der Waals surface area (Å²) in [6.07, 6.45) is -9.99. The molecule has 2 saturated heterocycles. The fraction of sp³-hybridized carbons (Fsp3) is 0.458. The zero-order chi connectivity index (χ0) is 25.5. The summed E-state index contributed by atoms with van der Waals surface area (Å²) in [5.74, 6) is -0.121. The highest BCUT2D eigenvalue weighted by molar-refractivity contribution is 5.88. The van der Waals surface area contributed by atoms with E-state index in [-0.39, 0.29) is 30.7 Å². The number of amides is 1. The summed E-state index contributed by atoms with van der Waals surface area (Å²) in [7, 11) is 0. The van der Waals surface area contributed by atoms with Crippen LogP contribution >= 0.6 is 0 Å². The van der Waals surface area contributed by atoms with Crippen molar-refractivity contribution in [3.8, 4) is 0 Å². The summed E-state index contributed by atoms with van der Waals surface area (Å²) in [6, 6.07) is 10.7. The van der Waals surface area contributed by atoms with E-state index in [1.165, 1.54) is 6.92 Å². The van der Waals surface area contributed by atoms with E-state index in [0.717, 1.165) is 5.56 Å². The lowest BCUT2D eigenvalue weighted by atomic mass is 9.76. The van der Waals surface area contributed by atoms with Crippen molar-refractivity contribution in [3.05, 3.63) is 70.8 Å². The van der Waals surface area contributed by atoms with Crippen molar-refractivity contribution >= 4 is 5.91 Å². The fourth-order valence-corrected chi connectivity index (χ4v) is 4.60. The lowest BCUT2D eigenvalue weighted by Crippen LogP contribution is -2.64. The molecule has 0 saturated carbocycles.